The van der Waals surface area contributed by atoms with Crippen LogP contribution in [0.3, 0.4) is 0 Å². The van der Waals surface area contributed by atoms with Crippen LogP contribution in [0.5, 0.6) is 5.75 Å². The maximum absolute atomic E-state index is 10.7. The lowest BCUT2D eigenvalue weighted by Crippen LogP contribution is -2.27. The third-order valence-corrected chi connectivity index (χ3v) is 4.27. The number of hydrogen-bond acceptors (Lipinski definition) is 2. The van der Waals surface area contributed by atoms with E-state index in [1.807, 2.05) is 0 Å². The number of aromatic hydroxyl groups is 1. The number of hydrogen-bond donors (Lipinski definition) is 2. The number of nitrogens with one attached hydrogen (secondary N) is 1. The second kappa shape index (κ2) is 5.96. The first-order chi connectivity index (χ1) is 9.02. The fraction of sp³-hybridized carbons (Fsp3) is 0.647. The van der Waals surface area contributed by atoms with Crippen LogP contribution in [0.1, 0.15) is 75.0 Å². The molecule has 0 atom stereocenters. The Balaban J connectivity index is 2.49. The third kappa shape index (κ3) is 2.94. The first kappa shape index (κ1) is 14.4. The van der Waals surface area contributed by atoms with Gasteiger partial charge < -0.3 is 10.4 Å². The van der Waals surface area contributed by atoms with E-state index in [9.17, 15) is 5.11 Å². The van der Waals surface area contributed by atoms with Gasteiger partial charge in [0.25, 0.3) is 0 Å². The minimum Gasteiger partial charge on any atom is -0.507 e. The highest BCUT2D eigenvalue weighted by atomic mass is 16.3. The monoisotopic (exact) mass is 261 g/mol. The molecule has 2 rings (SSSR count). The molecule has 0 saturated carbocycles. The fourth-order valence-electron chi connectivity index (χ4n) is 3.15. The molecule has 0 radical (unpaired) electrons. The van der Waals surface area contributed by atoms with Crippen molar-refractivity contribution >= 4 is 0 Å². The first-order valence-electron chi connectivity index (χ1n) is 7.58. The summed E-state index contributed by atoms with van der Waals surface area (Å²) in [6.45, 7) is 10.9. The average Bonchev–Trinajstić information content (AvgIpc) is 2.38. The first-order valence-corrected chi connectivity index (χ1v) is 7.58. The highest BCUT2D eigenvalue weighted by Gasteiger charge is 2.24. The molecule has 2 nitrogen and oxygen atoms in total. The van der Waals surface area contributed by atoms with Gasteiger partial charge in [0.15, 0.2) is 0 Å². The van der Waals surface area contributed by atoms with E-state index in [2.05, 4.69) is 45.1 Å². The van der Waals surface area contributed by atoms with Crippen LogP contribution in [0.15, 0.2) is 12.1 Å². The average molecular weight is 261 g/mol. The van der Waals surface area contributed by atoms with Crippen LogP contribution < -0.4 is 5.32 Å². The summed E-state index contributed by atoms with van der Waals surface area (Å²) in [6, 6.07) is 4.34. The summed E-state index contributed by atoms with van der Waals surface area (Å²) in [7, 11) is 0. The van der Waals surface area contributed by atoms with Crippen molar-refractivity contribution < 1.29 is 5.11 Å². The van der Waals surface area contributed by atoms with Crippen molar-refractivity contribution in [1.29, 1.82) is 0 Å². The molecule has 1 fully saturated rings. The van der Waals surface area contributed by atoms with Crippen molar-refractivity contribution in [3.8, 4) is 5.75 Å². The fourth-order valence-corrected chi connectivity index (χ4v) is 3.15. The second-order valence-electron chi connectivity index (χ2n) is 6.34. The molecule has 0 unspecified atom stereocenters. The van der Waals surface area contributed by atoms with Crippen LogP contribution in [-0.4, -0.2) is 18.2 Å². The number of piperidine rings is 1. The molecule has 1 saturated heterocycles. The number of benzene rings is 1. The van der Waals surface area contributed by atoms with E-state index < -0.39 is 0 Å². The Kier molecular flexibility index (Phi) is 4.51. The normalized spacial score (nSPS) is 17.4. The van der Waals surface area contributed by atoms with Gasteiger partial charge in [0.05, 0.1) is 0 Å². The van der Waals surface area contributed by atoms with Gasteiger partial charge in [0.1, 0.15) is 5.75 Å². The van der Waals surface area contributed by atoms with Gasteiger partial charge >= 0.3 is 0 Å². The Morgan fingerprint density at radius 2 is 1.53 bits per heavy atom. The van der Waals surface area contributed by atoms with Gasteiger partial charge in [-0.05, 0) is 54.8 Å². The van der Waals surface area contributed by atoms with Gasteiger partial charge in [-0.2, -0.15) is 0 Å². The lowest BCUT2D eigenvalue weighted by atomic mass is 9.81. The maximum atomic E-state index is 10.7. The zero-order valence-electron chi connectivity index (χ0n) is 12.7. The Morgan fingerprint density at radius 3 is 2.05 bits per heavy atom. The molecule has 1 aromatic rings. The number of rotatable bonds is 3. The predicted octanol–water partition coefficient (Wildman–Crippen LogP) is 4.11. The molecule has 2 N–H and O–H groups in total. The Hall–Kier alpha value is -1.02. The molecule has 2 heteroatoms. The van der Waals surface area contributed by atoms with E-state index in [1.54, 1.807) is 0 Å². The Bertz CT molecular complexity index is 431. The van der Waals surface area contributed by atoms with Crippen molar-refractivity contribution in [3.63, 3.8) is 0 Å². The largest absolute Gasteiger partial charge is 0.507 e. The van der Waals surface area contributed by atoms with Crippen molar-refractivity contribution in [2.75, 3.05) is 13.1 Å². The molecule has 19 heavy (non-hydrogen) atoms. The summed E-state index contributed by atoms with van der Waals surface area (Å²) in [5.74, 6) is 1.92. The summed E-state index contributed by atoms with van der Waals surface area (Å²) in [4.78, 5) is 0. The van der Waals surface area contributed by atoms with Gasteiger partial charge in [-0.1, -0.05) is 39.8 Å². The molecule has 0 bridgehead atoms. The molecule has 0 aromatic heterocycles. The van der Waals surface area contributed by atoms with Crippen molar-refractivity contribution in [2.24, 2.45) is 0 Å². The SMILES string of the molecule is CC(C)c1ccc(C(C)C)c(C2CCNCC2)c1O. The minimum atomic E-state index is 0.377. The maximum Gasteiger partial charge on any atom is 0.122 e. The van der Waals surface area contributed by atoms with Crippen LogP contribution in [0.4, 0.5) is 0 Å². The van der Waals surface area contributed by atoms with E-state index >= 15 is 0 Å². The Morgan fingerprint density at radius 1 is 1.00 bits per heavy atom. The van der Waals surface area contributed by atoms with E-state index in [-0.39, 0.29) is 0 Å². The highest BCUT2D eigenvalue weighted by Crippen LogP contribution is 2.41. The van der Waals surface area contributed by atoms with Gasteiger partial charge in [-0.15, -0.1) is 0 Å². The molecule has 1 aliphatic heterocycles. The van der Waals surface area contributed by atoms with Crippen molar-refractivity contribution in [1.82, 2.24) is 5.32 Å². The van der Waals surface area contributed by atoms with Crippen LogP contribution in [-0.2, 0) is 0 Å². The standard InChI is InChI=1S/C17H27NO/c1-11(2)14-5-6-15(12(3)4)17(19)16(14)13-7-9-18-10-8-13/h5-6,11-13,18-19H,7-10H2,1-4H3. The number of phenols is 1. The van der Waals surface area contributed by atoms with Gasteiger partial charge in [0, 0.05) is 5.56 Å². The quantitative estimate of drug-likeness (QED) is 0.858. The second-order valence-corrected chi connectivity index (χ2v) is 6.34. The predicted molar refractivity (Wildman–Crippen MR) is 81.1 cm³/mol. The summed E-state index contributed by atoms with van der Waals surface area (Å²) in [5, 5.41) is 14.1. The van der Waals surface area contributed by atoms with E-state index in [1.165, 1.54) is 11.1 Å². The molecule has 1 heterocycles. The summed E-state index contributed by atoms with van der Waals surface area (Å²) < 4.78 is 0. The van der Waals surface area contributed by atoms with Gasteiger partial charge in [-0.25, -0.2) is 0 Å². The zero-order valence-corrected chi connectivity index (χ0v) is 12.7. The molecule has 0 aliphatic carbocycles. The molecule has 106 valence electrons. The van der Waals surface area contributed by atoms with Gasteiger partial charge in [0.2, 0.25) is 0 Å². The van der Waals surface area contributed by atoms with Crippen molar-refractivity contribution in [2.45, 2.75) is 58.3 Å². The van der Waals surface area contributed by atoms with E-state index in [0.717, 1.165) is 31.5 Å². The highest BCUT2D eigenvalue weighted by molar-refractivity contribution is 5.50. The van der Waals surface area contributed by atoms with Crippen molar-refractivity contribution in [3.05, 3.63) is 28.8 Å². The lowest BCUT2D eigenvalue weighted by molar-refractivity contribution is 0.415. The van der Waals surface area contributed by atoms with E-state index in [0.29, 0.717) is 23.5 Å². The Labute approximate surface area is 117 Å². The molecule has 0 spiro atoms. The minimum absolute atomic E-state index is 0.377. The number of phenolic OH excluding ortho intramolecular Hbond substituents is 1. The van der Waals surface area contributed by atoms with Crippen LogP contribution >= 0.6 is 0 Å². The summed E-state index contributed by atoms with van der Waals surface area (Å²) in [5.41, 5.74) is 3.65. The van der Waals surface area contributed by atoms with Crippen LogP contribution in [0, 0.1) is 0 Å². The van der Waals surface area contributed by atoms with Gasteiger partial charge in [-0.3, -0.25) is 0 Å². The lowest BCUT2D eigenvalue weighted by Gasteiger charge is -2.28. The summed E-state index contributed by atoms with van der Waals surface area (Å²) in [6.07, 6.45) is 2.27. The smallest absolute Gasteiger partial charge is 0.122 e. The van der Waals surface area contributed by atoms with Crippen LogP contribution in [0.2, 0.25) is 0 Å². The summed E-state index contributed by atoms with van der Waals surface area (Å²) >= 11 is 0. The molecule has 1 aromatic carbocycles. The molecule has 0 amide bonds. The van der Waals surface area contributed by atoms with E-state index in [4.69, 9.17) is 0 Å². The molecular weight excluding hydrogens is 234 g/mol. The zero-order chi connectivity index (χ0) is 14.0. The third-order valence-electron chi connectivity index (χ3n) is 4.27. The van der Waals surface area contributed by atoms with Crippen LogP contribution in [0.25, 0.3) is 0 Å². The molecular formula is C17H27NO. The molecule has 1 aliphatic rings. The topological polar surface area (TPSA) is 32.3 Å².